The summed E-state index contributed by atoms with van der Waals surface area (Å²) in [5, 5.41) is 9.21. The fourth-order valence-corrected chi connectivity index (χ4v) is 3.19. The van der Waals surface area contributed by atoms with Gasteiger partial charge in [0.25, 0.3) is 0 Å². The van der Waals surface area contributed by atoms with E-state index in [1.54, 1.807) is 0 Å². The maximum atomic E-state index is 11.9. The predicted molar refractivity (Wildman–Crippen MR) is 90.4 cm³/mol. The summed E-state index contributed by atoms with van der Waals surface area (Å²) in [4.78, 5) is 23.7. The van der Waals surface area contributed by atoms with Crippen molar-refractivity contribution in [3.8, 4) is 0 Å². The number of alkyl carbamates (subject to hydrolysis) is 1. The third kappa shape index (κ3) is 4.71. The van der Waals surface area contributed by atoms with E-state index in [-0.39, 0.29) is 30.7 Å². The summed E-state index contributed by atoms with van der Waals surface area (Å²) in [5.74, 6) is 0.103. The van der Waals surface area contributed by atoms with Gasteiger partial charge in [0, 0.05) is 18.6 Å². The standard InChI is InChI=1S/C18H25N3O3/c22-17-16(8-4-5-9-19-17)20-14-10-15(11-14)21-18(23)24-12-13-6-2-1-3-7-13/h1-3,6-7,14-16,20H,4-5,8-12H2,(H,19,22)(H,21,23). The molecule has 2 amide bonds. The number of hydrogen-bond acceptors (Lipinski definition) is 4. The molecule has 1 saturated heterocycles. The van der Waals surface area contributed by atoms with Gasteiger partial charge in [-0.25, -0.2) is 4.79 Å². The Balaban J connectivity index is 1.33. The molecular formula is C18H25N3O3. The first-order chi connectivity index (χ1) is 11.7. The molecule has 0 bridgehead atoms. The summed E-state index contributed by atoms with van der Waals surface area (Å²) < 4.78 is 5.22. The number of hydrogen-bond donors (Lipinski definition) is 3. The molecular weight excluding hydrogens is 306 g/mol. The van der Waals surface area contributed by atoms with Crippen LogP contribution in [0.5, 0.6) is 0 Å². The molecule has 24 heavy (non-hydrogen) atoms. The number of nitrogens with one attached hydrogen (secondary N) is 3. The molecule has 1 aromatic rings. The first-order valence-electron chi connectivity index (χ1n) is 8.71. The number of carbonyl (C=O) groups excluding carboxylic acids is 2. The van der Waals surface area contributed by atoms with E-state index in [1.807, 2.05) is 30.3 Å². The van der Waals surface area contributed by atoms with Crippen LogP contribution in [0.2, 0.25) is 0 Å². The maximum Gasteiger partial charge on any atom is 0.407 e. The van der Waals surface area contributed by atoms with Crippen molar-refractivity contribution in [3.63, 3.8) is 0 Å². The van der Waals surface area contributed by atoms with E-state index in [0.717, 1.165) is 44.2 Å². The van der Waals surface area contributed by atoms with Crippen molar-refractivity contribution in [2.75, 3.05) is 6.54 Å². The lowest BCUT2D eigenvalue weighted by molar-refractivity contribution is -0.123. The average molecular weight is 331 g/mol. The zero-order chi connectivity index (χ0) is 16.8. The molecule has 1 unspecified atom stereocenters. The fraction of sp³-hybridized carbons (Fsp3) is 0.556. The van der Waals surface area contributed by atoms with Crippen molar-refractivity contribution in [1.29, 1.82) is 0 Å². The van der Waals surface area contributed by atoms with Gasteiger partial charge in [0.05, 0.1) is 6.04 Å². The minimum atomic E-state index is -0.380. The summed E-state index contributed by atoms with van der Waals surface area (Å²) in [7, 11) is 0. The molecule has 6 nitrogen and oxygen atoms in total. The third-order valence-corrected chi connectivity index (χ3v) is 4.64. The van der Waals surface area contributed by atoms with Gasteiger partial charge >= 0.3 is 6.09 Å². The molecule has 1 aliphatic heterocycles. The van der Waals surface area contributed by atoms with E-state index in [2.05, 4.69) is 16.0 Å². The Morgan fingerprint density at radius 2 is 1.96 bits per heavy atom. The van der Waals surface area contributed by atoms with E-state index < -0.39 is 0 Å². The molecule has 130 valence electrons. The van der Waals surface area contributed by atoms with Gasteiger partial charge in [-0.15, -0.1) is 0 Å². The van der Waals surface area contributed by atoms with Crippen molar-refractivity contribution >= 4 is 12.0 Å². The monoisotopic (exact) mass is 331 g/mol. The van der Waals surface area contributed by atoms with Crippen molar-refractivity contribution < 1.29 is 14.3 Å². The maximum absolute atomic E-state index is 11.9. The molecule has 1 heterocycles. The molecule has 1 atom stereocenters. The van der Waals surface area contributed by atoms with E-state index in [1.165, 1.54) is 0 Å². The van der Waals surface area contributed by atoms with Gasteiger partial charge in [-0.3, -0.25) is 4.79 Å². The number of rotatable bonds is 5. The molecule has 2 fully saturated rings. The van der Waals surface area contributed by atoms with Crippen LogP contribution >= 0.6 is 0 Å². The van der Waals surface area contributed by atoms with Crippen molar-refractivity contribution in [1.82, 2.24) is 16.0 Å². The number of amides is 2. The SMILES string of the molecule is O=C(NC1CC(NC2CCCCNC2=O)C1)OCc1ccccc1. The molecule has 0 radical (unpaired) electrons. The van der Waals surface area contributed by atoms with Crippen LogP contribution in [0, 0.1) is 0 Å². The lowest BCUT2D eigenvalue weighted by Crippen LogP contribution is -2.57. The summed E-state index contributed by atoms with van der Waals surface area (Å²) in [5.41, 5.74) is 0.972. The second kappa shape index (κ2) is 8.15. The molecule has 1 aliphatic carbocycles. The average Bonchev–Trinajstić information content (AvgIpc) is 2.76. The number of benzene rings is 1. The summed E-state index contributed by atoms with van der Waals surface area (Å²) in [6.07, 6.45) is 4.30. The lowest BCUT2D eigenvalue weighted by Gasteiger charge is -2.38. The van der Waals surface area contributed by atoms with Gasteiger partial charge < -0.3 is 20.7 Å². The van der Waals surface area contributed by atoms with Crippen LogP contribution in [0.3, 0.4) is 0 Å². The Hall–Kier alpha value is -2.08. The highest BCUT2D eigenvalue weighted by atomic mass is 16.5. The fourth-order valence-electron chi connectivity index (χ4n) is 3.19. The van der Waals surface area contributed by atoms with Crippen LogP contribution in [-0.4, -0.2) is 36.7 Å². The van der Waals surface area contributed by atoms with Crippen LogP contribution in [0.15, 0.2) is 30.3 Å². The molecule has 0 aromatic heterocycles. The summed E-state index contributed by atoms with van der Waals surface area (Å²) in [6, 6.07) is 9.94. The Kier molecular flexibility index (Phi) is 5.69. The summed E-state index contributed by atoms with van der Waals surface area (Å²) >= 11 is 0. The van der Waals surface area contributed by atoms with Crippen LogP contribution in [-0.2, 0) is 16.1 Å². The van der Waals surface area contributed by atoms with Crippen LogP contribution in [0.25, 0.3) is 0 Å². The summed E-state index contributed by atoms with van der Waals surface area (Å²) in [6.45, 7) is 1.06. The second-order valence-corrected chi connectivity index (χ2v) is 6.58. The number of carbonyl (C=O) groups is 2. The predicted octanol–water partition coefficient (Wildman–Crippen LogP) is 1.70. The van der Waals surface area contributed by atoms with Crippen LogP contribution in [0.1, 0.15) is 37.7 Å². The van der Waals surface area contributed by atoms with E-state index in [0.29, 0.717) is 6.04 Å². The van der Waals surface area contributed by atoms with E-state index in [4.69, 9.17) is 4.74 Å². The third-order valence-electron chi connectivity index (χ3n) is 4.64. The molecule has 1 saturated carbocycles. The largest absolute Gasteiger partial charge is 0.445 e. The highest BCUT2D eigenvalue weighted by molar-refractivity contribution is 5.82. The molecule has 0 spiro atoms. The van der Waals surface area contributed by atoms with Crippen molar-refractivity contribution in [2.45, 2.75) is 56.8 Å². The smallest absolute Gasteiger partial charge is 0.407 e. The second-order valence-electron chi connectivity index (χ2n) is 6.58. The molecule has 3 rings (SSSR count). The molecule has 3 N–H and O–H groups in total. The van der Waals surface area contributed by atoms with Crippen LogP contribution < -0.4 is 16.0 Å². The van der Waals surface area contributed by atoms with Gasteiger partial charge in [0.15, 0.2) is 0 Å². The van der Waals surface area contributed by atoms with Crippen LogP contribution in [0.4, 0.5) is 4.79 Å². The van der Waals surface area contributed by atoms with Gasteiger partial charge in [0.1, 0.15) is 6.61 Å². The normalized spacial score (nSPS) is 26.7. The molecule has 1 aromatic carbocycles. The van der Waals surface area contributed by atoms with Gasteiger partial charge in [-0.2, -0.15) is 0 Å². The van der Waals surface area contributed by atoms with Gasteiger partial charge in [0.2, 0.25) is 5.91 Å². The minimum absolute atomic E-state index is 0.0940. The zero-order valence-corrected chi connectivity index (χ0v) is 13.8. The number of ether oxygens (including phenoxy) is 1. The first kappa shape index (κ1) is 16.8. The van der Waals surface area contributed by atoms with Gasteiger partial charge in [-0.05, 0) is 37.7 Å². The molecule has 2 aliphatic rings. The van der Waals surface area contributed by atoms with E-state index in [9.17, 15) is 9.59 Å². The Morgan fingerprint density at radius 1 is 1.17 bits per heavy atom. The highest BCUT2D eigenvalue weighted by Crippen LogP contribution is 2.22. The topological polar surface area (TPSA) is 79.5 Å². The zero-order valence-electron chi connectivity index (χ0n) is 13.8. The van der Waals surface area contributed by atoms with Crippen molar-refractivity contribution in [3.05, 3.63) is 35.9 Å². The lowest BCUT2D eigenvalue weighted by atomic mass is 9.86. The van der Waals surface area contributed by atoms with E-state index >= 15 is 0 Å². The Bertz CT molecular complexity index is 558. The van der Waals surface area contributed by atoms with Gasteiger partial charge in [-0.1, -0.05) is 30.3 Å². The first-order valence-corrected chi connectivity index (χ1v) is 8.71. The Labute approximate surface area is 142 Å². The quantitative estimate of drug-likeness (QED) is 0.767. The Morgan fingerprint density at radius 3 is 2.75 bits per heavy atom. The molecule has 6 heteroatoms. The van der Waals surface area contributed by atoms with Crippen molar-refractivity contribution in [2.24, 2.45) is 0 Å². The minimum Gasteiger partial charge on any atom is -0.445 e. The highest BCUT2D eigenvalue weighted by Gasteiger charge is 2.33.